The van der Waals surface area contributed by atoms with E-state index in [1.54, 1.807) is 6.20 Å². The molecule has 8 heavy (non-hydrogen) atoms. The van der Waals surface area contributed by atoms with Crippen molar-refractivity contribution >= 4 is 22.6 Å². The van der Waals surface area contributed by atoms with Gasteiger partial charge in [-0.1, -0.05) is 0 Å². The van der Waals surface area contributed by atoms with E-state index in [0.717, 1.165) is 3.70 Å². The zero-order valence-electron chi connectivity index (χ0n) is 3.89. The third-order valence-electron chi connectivity index (χ3n) is 0.639. The summed E-state index contributed by atoms with van der Waals surface area (Å²) in [6.07, 6.45) is 2.81. The summed E-state index contributed by atoms with van der Waals surface area (Å²) >= 11 is 2.02. The van der Waals surface area contributed by atoms with Crippen molar-refractivity contribution in [1.82, 2.24) is 9.97 Å². The Morgan fingerprint density at radius 3 is 2.88 bits per heavy atom. The van der Waals surface area contributed by atoms with E-state index in [-0.39, 0.29) is 5.56 Å². The topological polar surface area (TPSA) is 45.8 Å². The molecule has 0 aromatic carbocycles. The second-order valence-corrected chi connectivity index (χ2v) is 2.34. The second kappa shape index (κ2) is 2.25. The quantitative estimate of drug-likeness (QED) is 0.644. The van der Waals surface area contributed by atoms with Gasteiger partial charge in [-0.2, -0.15) is 0 Å². The van der Waals surface area contributed by atoms with E-state index < -0.39 is 0 Å². The van der Waals surface area contributed by atoms with Gasteiger partial charge < -0.3 is 4.98 Å². The largest absolute Gasteiger partial charge is 0.325 e. The average molecular weight is 222 g/mol. The molecule has 42 valence electrons. The molecule has 0 fully saturated rings. The van der Waals surface area contributed by atoms with Crippen molar-refractivity contribution in [3.63, 3.8) is 0 Å². The van der Waals surface area contributed by atoms with Crippen molar-refractivity contribution in [2.75, 3.05) is 0 Å². The maximum Gasteiger partial charge on any atom is 0.266 e. The van der Waals surface area contributed by atoms with Gasteiger partial charge in [-0.15, -0.1) is 0 Å². The first-order chi connectivity index (χ1) is 3.79. The highest BCUT2D eigenvalue weighted by atomic mass is 127. The lowest BCUT2D eigenvalue weighted by Gasteiger charge is -1.81. The highest BCUT2D eigenvalue weighted by Crippen LogP contribution is 1.90. The van der Waals surface area contributed by atoms with Gasteiger partial charge in [-0.3, -0.25) is 4.79 Å². The van der Waals surface area contributed by atoms with Crippen LogP contribution in [0.15, 0.2) is 17.2 Å². The Bertz CT molecular complexity index is 211. The van der Waals surface area contributed by atoms with Crippen molar-refractivity contribution < 1.29 is 0 Å². The Kier molecular flexibility index (Phi) is 1.62. The number of H-pyrrole nitrogens is 1. The fourth-order valence-electron chi connectivity index (χ4n) is 0.326. The summed E-state index contributed by atoms with van der Waals surface area (Å²) < 4.78 is 0.794. The average Bonchev–Trinajstić information content (AvgIpc) is 1.77. The molecule has 1 rings (SSSR count). The molecule has 0 unspecified atom stereocenters. The number of aromatic amines is 1. The Balaban J connectivity index is 3.22. The molecule has 0 aliphatic carbocycles. The molecule has 1 N–H and O–H groups in total. The summed E-state index contributed by atoms with van der Waals surface area (Å²) in [5.41, 5.74) is -0.162. The van der Waals surface area contributed by atoms with Crippen molar-refractivity contribution in [2.45, 2.75) is 0 Å². The molecule has 0 amide bonds. The maximum atomic E-state index is 10.3. The van der Waals surface area contributed by atoms with Crippen LogP contribution in [-0.4, -0.2) is 9.97 Å². The molecule has 0 aliphatic rings. The summed E-state index contributed by atoms with van der Waals surface area (Å²) in [5.74, 6) is 0. The van der Waals surface area contributed by atoms with Crippen LogP contribution >= 0.6 is 22.6 Å². The summed E-state index contributed by atoms with van der Waals surface area (Å²) in [6, 6.07) is 0. The summed E-state index contributed by atoms with van der Waals surface area (Å²) in [7, 11) is 0. The van der Waals surface area contributed by atoms with E-state index in [1.165, 1.54) is 6.20 Å². The zero-order valence-corrected chi connectivity index (χ0v) is 6.05. The van der Waals surface area contributed by atoms with E-state index in [1.807, 2.05) is 22.6 Å². The molecule has 0 saturated heterocycles. The minimum atomic E-state index is -0.162. The molecular weight excluding hydrogens is 219 g/mol. The number of halogens is 1. The van der Waals surface area contributed by atoms with Crippen LogP contribution in [0.1, 0.15) is 0 Å². The zero-order chi connectivity index (χ0) is 5.98. The van der Waals surface area contributed by atoms with Crippen molar-refractivity contribution in [3.05, 3.63) is 26.4 Å². The lowest BCUT2D eigenvalue weighted by molar-refractivity contribution is 1.11. The molecule has 0 radical (unpaired) electrons. The third-order valence-corrected chi connectivity index (χ3v) is 1.23. The van der Waals surface area contributed by atoms with Gasteiger partial charge in [-0.05, 0) is 22.6 Å². The second-order valence-electron chi connectivity index (χ2n) is 1.23. The van der Waals surface area contributed by atoms with Crippen LogP contribution in [0.3, 0.4) is 0 Å². The van der Waals surface area contributed by atoms with Crippen LogP contribution in [0.2, 0.25) is 0 Å². The van der Waals surface area contributed by atoms with Gasteiger partial charge in [-0.25, -0.2) is 4.98 Å². The predicted octanol–water partition coefficient (Wildman–Crippen LogP) is 0.374. The maximum absolute atomic E-state index is 10.3. The highest BCUT2D eigenvalue weighted by molar-refractivity contribution is 14.1. The van der Waals surface area contributed by atoms with E-state index >= 15 is 0 Å². The van der Waals surface area contributed by atoms with Crippen molar-refractivity contribution in [1.29, 1.82) is 0 Å². The minimum absolute atomic E-state index is 0.162. The standard InChI is InChI=1S/C4H3IN2O/c5-3-1-7-4(8)2-6-3/h1-2H,(H,7,8). The molecular formula is C4H3IN2O. The van der Waals surface area contributed by atoms with E-state index in [2.05, 4.69) is 9.97 Å². The highest BCUT2D eigenvalue weighted by Gasteiger charge is 1.82. The van der Waals surface area contributed by atoms with Crippen LogP contribution in [-0.2, 0) is 0 Å². The number of hydrogen-bond acceptors (Lipinski definition) is 2. The predicted molar refractivity (Wildman–Crippen MR) is 37.6 cm³/mol. The number of rotatable bonds is 0. The summed E-state index contributed by atoms with van der Waals surface area (Å²) in [4.78, 5) is 16.5. The van der Waals surface area contributed by atoms with Gasteiger partial charge in [0.25, 0.3) is 5.56 Å². The minimum Gasteiger partial charge on any atom is -0.325 e. The van der Waals surface area contributed by atoms with Crippen LogP contribution in [0.25, 0.3) is 0 Å². The molecule has 1 aromatic rings. The SMILES string of the molecule is O=c1cnc(I)c[nH]1. The summed E-state index contributed by atoms with van der Waals surface area (Å²) in [6.45, 7) is 0. The number of aromatic nitrogens is 2. The fourth-order valence-corrected chi connectivity index (χ4v) is 0.620. The van der Waals surface area contributed by atoms with Crippen LogP contribution in [0.5, 0.6) is 0 Å². The number of nitrogens with one attached hydrogen (secondary N) is 1. The lowest BCUT2D eigenvalue weighted by atomic mass is 10.8. The molecule has 4 heteroatoms. The van der Waals surface area contributed by atoms with Gasteiger partial charge in [0.1, 0.15) is 3.70 Å². The molecule has 0 atom stereocenters. The van der Waals surface area contributed by atoms with Crippen molar-refractivity contribution in [2.24, 2.45) is 0 Å². The smallest absolute Gasteiger partial charge is 0.266 e. The fraction of sp³-hybridized carbons (Fsp3) is 0. The first kappa shape index (κ1) is 5.74. The summed E-state index contributed by atoms with van der Waals surface area (Å²) in [5, 5.41) is 0. The Labute approximate surface area is 59.3 Å². The van der Waals surface area contributed by atoms with Gasteiger partial charge in [0.05, 0.1) is 6.20 Å². The molecule has 0 aliphatic heterocycles. The third kappa shape index (κ3) is 1.29. The van der Waals surface area contributed by atoms with Crippen molar-refractivity contribution in [3.8, 4) is 0 Å². The van der Waals surface area contributed by atoms with Crippen LogP contribution < -0.4 is 5.56 Å². The van der Waals surface area contributed by atoms with Crippen LogP contribution in [0, 0.1) is 3.70 Å². The monoisotopic (exact) mass is 222 g/mol. The molecule has 1 heterocycles. The van der Waals surface area contributed by atoms with Gasteiger partial charge in [0, 0.05) is 6.20 Å². The number of hydrogen-bond donors (Lipinski definition) is 1. The molecule has 0 saturated carbocycles. The van der Waals surface area contributed by atoms with Gasteiger partial charge in [0.2, 0.25) is 0 Å². The van der Waals surface area contributed by atoms with E-state index in [0.29, 0.717) is 0 Å². The molecule has 3 nitrogen and oxygen atoms in total. The van der Waals surface area contributed by atoms with Crippen LogP contribution in [0.4, 0.5) is 0 Å². The van der Waals surface area contributed by atoms with Gasteiger partial charge in [0.15, 0.2) is 0 Å². The first-order valence-corrected chi connectivity index (χ1v) is 3.07. The normalized spacial score (nSPS) is 9.12. The Hall–Kier alpha value is -0.390. The molecule has 1 aromatic heterocycles. The van der Waals surface area contributed by atoms with E-state index in [4.69, 9.17) is 0 Å². The lowest BCUT2D eigenvalue weighted by Crippen LogP contribution is -2.03. The first-order valence-electron chi connectivity index (χ1n) is 1.99. The molecule has 0 spiro atoms. The van der Waals surface area contributed by atoms with E-state index in [9.17, 15) is 4.79 Å². The van der Waals surface area contributed by atoms with Gasteiger partial charge >= 0.3 is 0 Å². The Morgan fingerprint density at radius 1 is 1.75 bits per heavy atom. The Morgan fingerprint density at radius 2 is 2.50 bits per heavy atom. The molecule has 0 bridgehead atoms. The number of nitrogens with zero attached hydrogens (tertiary/aromatic N) is 1.